The number of hydrogen-bond acceptors (Lipinski definition) is 5. The highest BCUT2D eigenvalue weighted by Crippen LogP contribution is 2.54. The van der Waals surface area contributed by atoms with Crippen LogP contribution in [0.3, 0.4) is 0 Å². The van der Waals surface area contributed by atoms with Crippen LogP contribution in [-0.4, -0.2) is 32.1 Å². The lowest BCUT2D eigenvalue weighted by Gasteiger charge is -2.55. The number of phenolic OH excluding ortho intramolecular Hbond substituents is 3. The minimum atomic E-state index is -0.424. The Morgan fingerprint density at radius 2 is 1.56 bits per heavy atom. The van der Waals surface area contributed by atoms with E-state index in [2.05, 4.69) is 20.8 Å². The third-order valence-electron chi connectivity index (χ3n) is 7.74. The summed E-state index contributed by atoms with van der Waals surface area (Å²) in [5.74, 6) is 0.857. The van der Waals surface area contributed by atoms with Gasteiger partial charge in [0.05, 0.1) is 6.10 Å². The molecule has 3 atom stereocenters. The first-order chi connectivity index (χ1) is 15.9. The maximum atomic E-state index is 10.8. The highest BCUT2D eigenvalue weighted by molar-refractivity contribution is 5.73. The van der Waals surface area contributed by atoms with Crippen molar-refractivity contribution in [3.05, 3.63) is 58.2 Å². The molecule has 0 radical (unpaired) electrons. The Labute approximate surface area is 202 Å². The minimum absolute atomic E-state index is 0.0520. The number of aliphatic hydroxyl groups is 1. The van der Waals surface area contributed by atoms with Gasteiger partial charge < -0.3 is 25.2 Å². The monoisotopic (exact) mass is 464 g/mol. The average molecular weight is 465 g/mol. The van der Waals surface area contributed by atoms with Crippen LogP contribution in [0.4, 0.5) is 0 Å². The quantitative estimate of drug-likeness (QED) is 0.330. The number of ether oxygens (including phenoxy) is 1. The molecule has 0 aromatic heterocycles. The summed E-state index contributed by atoms with van der Waals surface area (Å²) in [6.45, 7) is 10.2. The summed E-state index contributed by atoms with van der Waals surface area (Å²) in [4.78, 5) is 0. The largest absolute Gasteiger partial charge is 0.507 e. The lowest BCUT2D eigenvalue weighted by molar-refractivity contribution is -0.138. The third kappa shape index (κ3) is 4.41. The minimum Gasteiger partial charge on any atom is -0.507 e. The number of rotatable bonds is 4. The molecular weight excluding hydrogens is 428 g/mol. The van der Waals surface area contributed by atoms with Gasteiger partial charge in [0.2, 0.25) is 0 Å². The maximum Gasteiger partial charge on any atom is 0.164 e. The number of allylic oxidation sites excluding steroid dienone is 2. The highest BCUT2D eigenvalue weighted by atomic mass is 16.5. The van der Waals surface area contributed by atoms with Crippen LogP contribution >= 0.6 is 0 Å². The van der Waals surface area contributed by atoms with Gasteiger partial charge in [0.1, 0.15) is 17.1 Å². The molecule has 1 saturated carbocycles. The van der Waals surface area contributed by atoms with E-state index < -0.39 is 5.60 Å². The SMILES string of the molecule is CC(C)=CCc1c(O)cc(/C=C/c2cc(O)c3c(c2)CC2C(C)(CCC(O)C2(C)C)O3)cc1O. The van der Waals surface area contributed by atoms with Crippen LogP contribution in [0.2, 0.25) is 0 Å². The van der Waals surface area contributed by atoms with Crippen LogP contribution in [0.25, 0.3) is 12.2 Å². The number of fused-ring (bicyclic) bond motifs is 2. The van der Waals surface area contributed by atoms with Crippen molar-refractivity contribution in [3.8, 4) is 23.0 Å². The van der Waals surface area contributed by atoms with Gasteiger partial charge in [-0.05, 0) is 92.8 Å². The second-order valence-electron chi connectivity index (χ2n) is 10.9. The number of benzene rings is 2. The Hall–Kier alpha value is -2.92. The zero-order chi connectivity index (χ0) is 24.8. The molecule has 4 rings (SSSR count). The van der Waals surface area contributed by atoms with Gasteiger partial charge in [0.15, 0.2) is 11.5 Å². The highest BCUT2D eigenvalue weighted by Gasteiger charge is 2.54. The van der Waals surface area contributed by atoms with Gasteiger partial charge in [-0.2, -0.15) is 0 Å². The van der Waals surface area contributed by atoms with Crippen molar-refractivity contribution >= 4 is 12.2 Å². The van der Waals surface area contributed by atoms with Crippen LogP contribution in [0.5, 0.6) is 23.0 Å². The van der Waals surface area contributed by atoms with Crippen LogP contribution in [0.1, 0.15) is 69.7 Å². The Balaban J connectivity index is 1.62. The van der Waals surface area contributed by atoms with E-state index in [1.165, 1.54) is 0 Å². The summed E-state index contributed by atoms with van der Waals surface area (Å²) in [5.41, 5.74) is 3.28. The fourth-order valence-corrected chi connectivity index (χ4v) is 5.57. The molecule has 2 aromatic rings. The summed E-state index contributed by atoms with van der Waals surface area (Å²) in [6.07, 6.45) is 7.83. The zero-order valence-corrected chi connectivity index (χ0v) is 20.7. The van der Waals surface area contributed by atoms with E-state index in [0.29, 0.717) is 36.1 Å². The Morgan fingerprint density at radius 3 is 2.18 bits per heavy atom. The molecule has 0 bridgehead atoms. The molecule has 0 saturated heterocycles. The van der Waals surface area contributed by atoms with Gasteiger partial charge in [-0.15, -0.1) is 0 Å². The molecule has 0 spiro atoms. The second kappa shape index (κ2) is 8.70. The summed E-state index contributed by atoms with van der Waals surface area (Å²) < 4.78 is 6.38. The van der Waals surface area contributed by atoms with Crippen molar-refractivity contribution in [2.24, 2.45) is 11.3 Å². The van der Waals surface area contributed by atoms with Gasteiger partial charge in [0.25, 0.3) is 0 Å². The van der Waals surface area contributed by atoms with Crippen LogP contribution in [0, 0.1) is 11.3 Å². The molecule has 3 unspecified atom stereocenters. The van der Waals surface area contributed by atoms with Gasteiger partial charge in [0, 0.05) is 11.5 Å². The number of aromatic hydroxyl groups is 3. The summed E-state index contributed by atoms with van der Waals surface area (Å²) in [7, 11) is 0. The molecule has 1 aliphatic heterocycles. The summed E-state index contributed by atoms with van der Waals surface area (Å²) in [5, 5.41) is 42.2. The molecule has 1 fully saturated rings. The first kappa shape index (κ1) is 24.2. The molecule has 34 heavy (non-hydrogen) atoms. The number of phenols is 3. The van der Waals surface area contributed by atoms with Crippen molar-refractivity contribution < 1.29 is 25.2 Å². The summed E-state index contributed by atoms with van der Waals surface area (Å²) in [6, 6.07) is 6.93. The van der Waals surface area contributed by atoms with E-state index in [9.17, 15) is 20.4 Å². The molecule has 5 nitrogen and oxygen atoms in total. The van der Waals surface area contributed by atoms with Crippen molar-refractivity contribution in [2.75, 3.05) is 0 Å². The van der Waals surface area contributed by atoms with E-state index >= 15 is 0 Å². The smallest absolute Gasteiger partial charge is 0.164 e. The van der Waals surface area contributed by atoms with Crippen molar-refractivity contribution in [1.82, 2.24) is 0 Å². The zero-order valence-electron chi connectivity index (χ0n) is 20.7. The predicted octanol–water partition coefficient (Wildman–Crippen LogP) is 5.97. The van der Waals surface area contributed by atoms with Gasteiger partial charge in [-0.1, -0.05) is 37.6 Å². The van der Waals surface area contributed by atoms with Gasteiger partial charge in [-0.25, -0.2) is 0 Å². The molecule has 1 aliphatic carbocycles. The molecule has 182 valence electrons. The lowest BCUT2D eigenvalue weighted by atomic mass is 9.57. The van der Waals surface area contributed by atoms with Crippen LogP contribution in [0.15, 0.2) is 35.9 Å². The van der Waals surface area contributed by atoms with Gasteiger partial charge >= 0.3 is 0 Å². The van der Waals surface area contributed by atoms with Gasteiger partial charge in [-0.3, -0.25) is 0 Å². The van der Waals surface area contributed by atoms with E-state index in [4.69, 9.17) is 4.74 Å². The fraction of sp³-hybridized carbons (Fsp3) is 0.448. The lowest BCUT2D eigenvalue weighted by Crippen LogP contribution is -2.58. The average Bonchev–Trinajstić information content (AvgIpc) is 2.74. The van der Waals surface area contributed by atoms with Crippen LogP contribution < -0.4 is 4.74 Å². The Bertz CT molecular complexity index is 1130. The molecule has 0 amide bonds. The van der Waals surface area contributed by atoms with Crippen molar-refractivity contribution in [2.45, 2.75) is 72.0 Å². The van der Waals surface area contributed by atoms with E-state index in [0.717, 1.165) is 23.1 Å². The van der Waals surface area contributed by atoms with Crippen LogP contribution in [-0.2, 0) is 12.8 Å². The normalized spacial score (nSPS) is 25.4. The Kier molecular flexibility index (Phi) is 6.19. The predicted molar refractivity (Wildman–Crippen MR) is 135 cm³/mol. The molecule has 5 heteroatoms. The fourth-order valence-electron chi connectivity index (χ4n) is 5.57. The van der Waals surface area contributed by atoms with E-state index in [-0.39, 0.29) is 34.7 Å². The first-order valence-corrected chi connectivity index (χ1v) is 12.0. The topological polar surface area (TPSA) is 90.2 Å². The first-order valence-electron chi connectivity index (χ1n) is 12.0. The molecule has 2 aromatic carbocycles. The van der Waals surface area contributed by atoms with E-state index in [1.807, 2.05) is 32.1 Å². The number of aliphatic hydroxyl groups excluding tert-OH is 1. The third-order valence-corrected chi connectivity index (χ3v) is 7.74. The van der Waals surface area contributed by atoms with Crippen molar-refractivity contribution in [3.63, 3.8) is 0 Å². The van der Waals surface area contributed by atoms with Crippen molar-refractivity contribution in [1.29, 1.82) is 0 Å². The number of hydrogen-bond donors (Lipinski definition) is 4. The molecular formula is C29H36O5. The standard InChI is InChI=1S/C29H36O5/c1-17(2)6-9-21-22(30)13-19(14-23(21)31)8-7-18-12-20-16-25-28(3,4)26(33)10-11-29(25,5)34-27(20)24(32)15-18/h6-8,12-15,25-26,30-33H,9-11,16H2,1-5H3/b8-7+. The Morgan fingerprint density at radius 1 is 0.971 bits per heavy atom. The van der Waals surface area contributed by atoms with E-state index in [1.54, 1.807) is 24.3 Å². The maximum absolute atomic E-state index is 10.8. The second-order valence-corrected chi connectivity index (χ2v) is 10.9. The molecule has 4 N–H and O–H groups in total. The summed E-state index contributed by atoms with van der Waals surface area (Å²) >= 11 is 0. The molecule has 1 heterocycles. The molecule has 2 aliphatic rings.